The molecule has 3 N–H and O–H groups in total. The normalized spacial score (nSPS) is 16.6. The van der Waals surface area contributed by atoms with E-state index in [9.17, 15) is 4.79 Å². The molecule has 4 nitrogen and oxygen atoms in total. The zero-order chi connectivity index (χ0) is 16.5. The third kappa shape index (κ3) is 2.85. The molecule has 4 rings (SSSR count). The fraction of sp³-hybridized carbons (Fsp3) is 0.211. The molecule has 1 aromatic heterocycles. The fourth-order valence-electron chi connectivity index (χ4n) is 3.43. The van der Waals surface area contributed by atoms with E-state index in [-0.39, 0.29) is 12.1 Å². The van der Waals surface area contributed by atoms with Crippen LogP contribution in [-0.2, 0) is 6.42 Å². The van der Waals surface area contributed by atoms with Gasteiger partial charge in [0.1, 0.15) is 0 Å². The highest BCUT2D eigenvalue weighted by Crippen LogP contribution is 2.35. The van der Waals surface area contributed by atoms with Gasteiger partial charge in [-0.15, -0.1) is 0 Å². The predicted molar refractivity (Wildman–Crippen MR) is 97.6 cm³/mol. The van der Waals surface area contributed by atoms with Gasteiger partial charge in [0.15, 0.2) is 0 Å². The highest BCUT2D eigenvalue weighted by atomic mass is 35.5. The lowest BCUT2D eigenvalue weighted by Gasteiger charge is -2.24. The van der Waals surface area contributed by atoms with Crippen LogP contribution in [0.15, 0.2) is 48.5 Å². The van der Waals surface area contributed by atoms with E-state index in [1.807, 2.05) is 48.5 Å². The van der Waals surface area contributed by atoms with Gasteiger partial charge in [-0.3, -0.25) is 0 Å². The van der Waals surface area contributed by atoms with E-state index >= 15 is 0 Å². The molecular weight excluding hydrogens is 322 g/mol. The Morgan fingerprint density at radius 2 is 2.00 bits per heavy atom. The molecule has 1 unspecified atom stereocenters. The molecule has 0 saturated carbocycles. The number of hydrogen-bond acceptors (Lipinski definition) is 1. The van der Waals surface area contributed by atoms with Crippen LogP contribution in [-0.4, -0.2) is 11.0 Å². The summed E-state index contributed by atoms with van der Waals surface area (Å²) in [7, 11) is 0. The number of anilines is 1. The minimum absolute atomic E-state index is 0.0105. The van der Waals surface area contributed by atoms with Gasteiger partial charge in [-0.05, 0) is 55.2 Å². The zero-order valence-corrected chi connectivity index (χ0v) is 13.9. The first-order valence-electron chi connectivity index (χ1n) is 8.13. The van der Waals surface area contributed by atoms with E-state index in [0.29, 0.717) is 0 Å². The van der Waals surface area contributed by atoms with Gasteiger partial charge in [0.05, 0.1) is 6.04 Å². The van der Waals surface area contributed by atoms with Crippen LogP contribution < -0.4 is 10.6 Å². The molecule has 2 aromatic carbocycles. The maximum absolute atomic E-state index is 12.3. The van der Waals surface area contributed by atoms with Crippen molar-refractivity contribution < 1.29 is 4.79 Å². The van der Waals surface area contributed by atoms with Crippen molar-refractivity contribution in [2.45, 2.75) is 25.3 Å². The second kappa shape index (κ2) is 6.21. The molecule has 0 spiro atoms. The van der Waals surface area contributed by atoms with Crippen molar-refractivity contribution in [3.05, 3.63) is 64.8 Å². The molecule has 0 radical (unpaired) electrons. The van der Waals surface area contributed by atoms with E-state index < -0.39 is 0 Å². The topological polar surface area (TPSA) is 56.9 Å². The second-order valence-electron chi connectivity index (χ2n) is 6.12. The Morgan fingerprint density at radius 3 is 2.83 bits per heavy atom. The Morgan fingerprint density at radius 1 is 1.17 bits per heavy atom. The summed E-state index contributed by atoms with van der Waals surface area (Å²) in [4.78, 5) is 15.8. The lowest BCUT2D eigenvalue weighted by molar-refractivity contribution is 0.247. The number of fused-ring (bicyclic) bond motifs is 3. The van der Waals surface area contributed by atoms with Crippen LogP contribution in [0.4, 0.5) is 10.5 Å². The van der Waals surface area contributed by atoms with Gasteiger partial charge in [-0.1, -0.05) is 29.8 Å². The molecule has 122 valence electrons. The molecule has 0 saturated heterocycles. The fourth-order valence-corrected chi connectivity index (χ4v) is 3.60. The van der Waals surface area contributed by atoms with Crippen molar-refractivity contribution in [3.8, 4) is 0 Å². The summed E-state index contributed by atoms with van der Waals surface area (Å²) in [6, 6.07) is 15.1. The van der Waals surface area contributed by atoms with Crippen molar-refractivity contribution in [3.63, 3.8) is 0 Å². The Kier molecular flexibility index (Phi) is 3.90. The number of nitrogens with one attached hydrogen (secondary N) is 3. The number of rotatable bonds is 2. The highest BCUT2D eigenvalue weighted by molar-refractivity contribution is 6.31. The van der Waals surface area contributed by atoms with Crippen LogP contribution in [0.25, 0.3) is 10.9 Å². The van der Waals surface area contributed by atoms with Gasteiger partial charge >= 0.3 is 6.03 Å². The number of hydrogen-bond donors (Lipinski definition) is 3. The number of aryl methyl sites for hydroxylation is 1. The summed E-state index contributed by atoms with van der Waals surface area (Å²) in [6.07, 6.45) is 2.98. The summed E-state index contributed by atoms with van der Waals surface area (Å²) in [5, 5.41) is 7.86. The average molecular weight is 340 g/mol. The molecule has 24 heavy (non-hydrogen) atoms. The Bertz CT molecular complexity index is 888. The molecule has 0 bridgehead atoms. The van der Waals surface area contributed by atoms with Crippen LogP contribution in [0.5, 0.6) is 0 Å². The molecule has 1 aliphatic carbocycles. The van der Waals surface area contributed by atoms with Crippen molar-refractivity contribution in [2.75, 3.05) is 5.32 Å². The Labute approximate surface area is 145 Å². The number of urea groups is 1. The third-order valence-corrected chi connectivity index (χ3v) is 4.74. The molecule has 1 heterocycles. The largest absolute Gasteiger partial charge is 0.356 e. The Balaban J connectivity index is 1.58. The standard InChI is InChI=1S/C19H18ClN3O/c20-12-9-10-16-15(11-12)14-7-4-8-17(18(14)22-16)23-19(24)21-13-5-2-1-3-6-13/h1-3,5-6,9-11,17,22H,4,7-8H2,(H2,21,23,24). The number of carbonyl (C=O) groups is 1. The number of aromatic amines is 1. The number of aromatic nitrogens is 1. The van der Waals surface area contributed by atoms with Crippen LogP contribution >= 0.6 is 11.6 Å². The first kappa shape index (κ1) is 15.1. The summed E-state index contributed by atoms with van der Waals surface area (Å²) in [5.74, 6) is 0. The van der Waals surface area contributed by atoms with Crippen molar-refractivity contribution in [1.29, 1.82) is 0 Å². The maximum Gasteiger partial charge on any atom is 0.319 e. The van der Waals surface area contributed by atoms with E-state index in [4.69, 9.17) is 11.6 Å². The lowest BCUT2D eigenvalue weighted by Crippen LogP contribution is -2.34. The molecule has 0 aliphatic heterocycles. The molecule has 2 amide bonds. The summed E-state index contributed by atoms with van der Waals surface area (Å²) in [5.41, 5.74) is 4.22. The SMILES string of the molecule is O=C(Nc1ccccc1)NC1CCCc2c1[nH]c1ccc(Cl)cc21. The van der Waals surface area contributed by atoms with Crippen LogP contribution in [0.1, 0.15) is 30.1 Å². The lowest BCUT2D eigenvalue weighted by atomic mass is 9.92. The van der Waals surface area contributed by atoms with Crippen LogP contribution in [0.3, 0.4) is 0 Å². The molecule has 1 atom stereocenters. The first-order chi connectivity index (χ1) is 11.7. The third-order valence-electron chi connectivity index (χ3n) is 4.51. The maximum atomic E-state index is 12.3. The number of halogens is 1. The summed E-state index contributed by atoms with van der Waals surface area (Å²) in [6.45, 7) is 0. The summed E-state index contributed by atoms with van der Waals surface area (Å²) < 4.78 is 0. The van der Waals surface area contributed by atoms with E-state index in [2.05, 4.69) is 15.6 Å². The predicted octanol–water partition coefficient (Wildman–Crippen LogP) is 5.02. The molecule has 1 aliphatic rings. The molecular formula is C19H18ClN3O. The molecule has 3 aromatic rings. The smallest absolute Gasteiger partial charge is 0.319 e. The number of carbonyl (C=O) groups excluding carboxylic acids is 1. The van der Waals surface area contributed by atoms with Crippen molar-refractivity contribution in [1.82, 2.24) is 10.3 Å². The van der Waals surface area contributed by atoms with Gasteiger partial charge in [0, 0.05) is 27.3 Å². The number of H-pyrrole nitrogens is 1. The van der Waals surface area contributed by atoms with E-state index in [0.717, 1.165) is 46.6 Å². The zero-order valence-electron chi connectivity index (χ0n) is 13.1. The van der Waals surface area contributed by atoms with Crippen LogP contribution in [0.2, 0.25) is 5.02 Å². The monoisotopic (exact) mass is 339 g/mol. The van der Waals surface area contributed by atoms with E-state index in [1.54, 1.807) is 0 Å². The Hall–Kier alpha value is -2.46. The second-order valence-corrected chi connectivity index (χ2v) is 6.55. The van der Waals surface area contributed by atoms with E-state index in [1.165, 1.54) is 5.56 Å². The minimum Gasteiger partial charge on any atom is -0.356 e. The number of benzene rings is 2. The summed E-state index contributed by atoms with van der Waals surface area (Å²) >= 11 is 6.14. The highest BCUT2D eigenvalue weighted by Gasteiger charge is 2.25. The van der Waals surface area contributed by atoms with Crippen LogP contribution in [0, 0.1) is 0 Å². The quantitative estimate of drug-likeness (QED) is 0.603. The van der Waals surface area contributed by atoms with Gasteiger partial charge in [-0.25, -0.2) is 4.79 Å². The van der Waals surface area contributed by atoms with Crippen molar-refractivity contribution >= 4 is 34.2 Å². The van der Waals surface area contributed by atoms with Gasteiger partial charge in [-0.2, -0.15) is 0 Å². The number of para-hydroxylation sites is 1. The molecule has 0 fully saturated rings. The number of amides is 2. The van der Waals surface area contributed by atoms with Gasteiger partial charge in [0.2, 0.25) is 0 Å². The molecule has 5 heteroatoms. The average Bonchev–Trinajstić information content (AvgIpc) is 2.95. The van der Waals surface area contributed by atoms with Gasteiger partial charge < -0.3 is 15.6 Å². The van der Waals surface area contributed by atoms with Gasteiger partial charge in [0.25, 0.3) is 0 Å². The van der Waals surface area contributed by atoms with Crippen molar-refractivity contribution in [2.24, 2.45) is 0 Å². The first-order valence-corrected chi connectivity index (χ1v) is 8.51. The minimum atomic E-state index is -0.185.